The molecule has 29 heavy (non-hydrogen) atoms. The molecule has 0 bridgehead atoms. The first-order chi connectivity index (χ1) is 13.7. The van der Waals surface area contributed by atoms with Crippen LogP contribution < -0.4 is 5.32 Å². The number of anilines is 1. The number of alkyl halides is 2. The van der Waals surface area contributed by atoms with Crippen molar-refractivity contribution in [2.75, 3.05) is 5.32 Å². The van der Waals surface area contributed by atoms with Crippen molar-refractivity contribution in [1.82, 2.24) is 9.97 Å². The molecule has 1 amide bonds. The Kier molecular flexibility index (Phi) is 4.74. The second-order valence-electron chi connectivity index (χ2n) is 6.67. The highest BCUT2D eigenvalue weighted by Crippen LogP contribution is 2.39. The van der Waals surface area contributed by atoms with Crippen molar-refractivity contribution in [1.29, 1.82) is 0 Å². The third-order valence-corrected chi connectivity index (χ3v) is 4.90. The molecule has 1 aliphatic rings. The number of carbonyl (C=O) groups excluding carboxylic acids is 1. The van der Waals surface area contributed by atoms with Crippen LogP contribution in [-0.4, -0.2) is 21.8 Å². The number of halogens is 5. The molecule has 2 aromatic heterocycles. The molecule has 1 N–H and O–H groups in total. The normalized spacial score (nSPS) is 14.5. The average molecular weight is 422 g/mol. The quantitative estimate of drug-likeness (QED) is 0.601. The average Bonchev–Trinajstić information content (AvgIpc) is 2.94. The molecule has 4 rings (SSSR count). The van der Waals surface area contributed by atoms with Crippen molar-refractivity contribution in [2.24, 2.45) is 0 Å². The van der Waals surface area contributed by atoms with E-state index < -0.39 is 29.0 Å². The zero-order valence-electron chi connectivity index (χ0n) is 14.6. The van der Waals surface area contributed by atoms with Gasteiger partial charge in [0.05, 0.1) is 12.4 Å². The summed E-state index contributed by atoms with van der Waals surface area (Å²) >= 11 is 6.24. The van der Waals surface area contributed by atoms with Gasteiger partial charge in [0.1, 0.15) is 11.4 Å². The number of fused-ring (bicyclic) bond motifs is 1. The number of hydrogen-bond donors (Lipinski definition) is 1. The Labute approximate surface area is 167 Å². The van der Waals surface area contributed by atoms with Gasteiger partial charge in [-0.05, 0) is 35.4 Å². The number of hydrogen-bond acceptors (Lipinski definition) is 3. The standard InChI is InChI=1S/C20H12ClF4N3O/c21-14-4-12-6-20(24,25)5-11(12)3-13(14)10-1-2-17(27-7-10)28-19(29)18-15(22)8-26-9-16(18)23/h1-4,7-9H,5-6H2,(H,27,28,29). The van der Waals surface area contributed by atoms with E-state index in [0.717, 1.165) is 12.4 Å². The second kappa shape index (κ2) is 7.11. The summed E-state index contributed by atoms with van der Waals surface area (Å²) < 4.78 is 54.5. The van der Waals surface area contributed by atoms with Crippen LogP contribution in [0.25, 0.3) is 11.1 Å². The van der Waals surface area contributed by atoms with Crippen LogP contribution in [0.15, 0.2) is 42.9 Å². The van der Waals surface area contributed by atoms with Gasteiger partial charge in [-0.3, -0.25) is 9.78 Å². The summed E-state index contributed by atoms with van der Waals surface area (Å²) in [4.78, 5) is 19.5. The number of amides is 1. The Morgan fingerprint density at radius 3 is 2.31 bits per heavy atom. The second-order valence-corrected chi connectivity index (χ2v) is 7.08. The Morgan fingerprint density at radius 1 is 1.03 bits per heavy atom. The van der Waals surface area contributed by atoms with Crippen molar-refractivity contribution in [3.8, 4) is 11.1 Å². The summed E-state index contributed by atoms with van der Waals surface area (Å²) in [6.45, 7) is 0. The maximum atomic E-state index is 13.6. The molecule has 0 atom stereocenters. The van der Waals surface area contributed by atoms with Crippen molar-refractivity contribution in [3.63, 3.8) is 0 Å². The fraction of sp³-hybridized carbons (Fsp3) is 0.150. The molecule has 1 aromatic carbocycles. The van der Waals surface area contributed by atoms with Crippen LogP contribution in [0.5, 0.6) is 0 Å². The van der Waals surface area contributed by atoms with Gasteiger partial charge in [0.2, 0.25) is 0 Å². The Morgan fingerprint density at radius 2 is 1.69 bits per heavy atom. The van der Waals surface area contributed by atoms with Crippen LogP contribution in [0.3, 0.4) is 0 Å². The Balaban J connectivity index is 1.57. The molecule has 0 radical (unpaired) electrons. The van der Waals surface area contributed by atoms with Crippen LogP contribution in [0.2, 0.25) is 5.02 Å². The number of pyridine rings is 2. The highest BCUT2D eigenvalue weighted by molar-refractivity contribution is 6.33. The van der Waals surface area contributed by atoms with Gasteiger partial charge in [-0.2, -0.15) is 0 Å². The van der Waals surface area contributed by atoms with Crippen LogP contribution in [-0.2, 0) is 12.8 Å². The van der Waals surface area contributed by atoms with Crippen LogP contribution in [0.1, 0.15) is 21.5 Å². The van der Waals surface area contributed by atoms with E-state index in [1.54, 1.807) is 12.1 Å². The van der Waals surface area contributed by atoms with E-state index in [1.165, 1.54) is 18.3 Å². The lowest BCUT2D eigenvalue weighted by Crippen LogP contribution is -2.16. The van der Waals surface area contributed by atoms with E-state index in [0.29, 0.717) is 27.3 Å². The van der Waals surface area contributed by atoms with E-state index in [2.05, 4.69) is 15.3 Å². The number of rotatable bonds is 3. The lowest BCUT2D eigenvalue weighted by Gasteiger charge is -2.10. The molecule has 2 heterocycles. The maximum Gasteiger partial charge on any atom is 0.262 e. The molecule has 0 spiro atoms. The van der Waals surface area contributed by atoms with Crippen molar-refractivity contribution < 1.29 is 22.4 Å². The first kappa shape index (κ1) is 19.3. The fourth-order valence-corrected chi connectivity index (χ4v) is 3.56. The molecule has 4 nitrogen and oxygen atoms in total. The van der Waals surface area contributed by atoms with E-state index in [-0.39, 0.29) is 18.7 Å². The molecule has 3 aromatic rings. The maximum absolute atomic E-state index is 13.6. The van der Waals surface area contributed by atoms with Gasteiger partial charge in [0, 0.05) is 35.2 Å². The molecule has 0 fully saturated rings. The van der Waals surface area contributed by atoms with Crippen molar-refractivity contribution >= 4 is 23.3 Å². The SMILES string of the molecule is O=C(Nc1ccc(-c2cc3c(cc2Cl)CC(F)(F)C3)cn1)c1c(F)cncc1F. The lowest BCUT2D eigenvalue weighted by atomic mass is 10.0. The zero-order valence-corrected chi connectivity index (χ0v) is 15.4. The molecule has 0 saturated heterocycles. The van der Waals surface area contributed by atoms with Crippen LogP contribution >= 0.6 is 11.6 Å². The van der Waals surface area contributed by atoms with E-state index >= 15 is 0 Å². The van der Waals surface area contributed by atoms with Gasteiger partial charge in [-0.15, -0.1) is 0 Å². The summed E-state index contributed by atoms with van der Waals surface area (Å²) in [6.07, 6.45) is 2.15. The fourth-order valence-electron chi connectivity index (χ4n) is 3.26. The van der Waals surface area contributed by atoms with Crippen molar-refractivity contribution in [2.45, 2.75) is 18.8 Å². The van der Waals surface area contributed by atoms with Gasteiger partial charge in [-0.1, -0.05) is 11.6 Å². The highest BCUT2D eigenvalue weighted by atomic mass is 35.5. The summed E-state index contributed by atoms with van der Waals surface area (Å²) in [7, 11) is 0. The van der Waals surface area contributed by atoms with E-state index in [9.17, 15) is 22.4 Å². The van der Waals surface area contributed by atoms with Gasteiger partial charge in [-0.25, -0.2) is 22.5 Å². The lowest BCUT2D eigenvalue weighted by molar-refractivity contribution is 0.0130. The summed E-state index contributed by atoms with van der Waals surface area (Å²) in [5.74, 6) is -5.94. The number of nitrogens with one attached hydrogen (secondary N) is 1. The predicted octanol–water partition coefficient (Wildman–Crippen LogP) is 5.06. The van der Waals surface area contributed by atoms with Gasteiger partial charge in [0.15, 0.2) is 11.6 Å². The molecular weight excluding hydrogens is 410 g/mol. The number of carbonyl (C=O) groups is 1. The van der Waals surface area contributed by atoms with E-state index in [4.69, 9.17) is 11.6 Å². The first-order valence-corrected chi connectivity index (χ1v) is 8.87. The Hall–Kier alpha value is -3.00. The topological polar surface area (TPSA) is 54.9 Å². The van der Waals surface area contributed by atoms with Crippen LogP contribution in [0, 0.1) is 11.6 Å². The third-order valence-electron chi connectivity index (χ3n) is 4.58. The number of benzene rings is 1. The third kappa shape index (κ3) is 3.80. The summed E-state index contributed by atoms with van der Waals surface area (Å²) in [5.41, 5.74) is 1.35. The van der Waals surface area contributed by atoms with E-state index in [1.807, 2.05) is 0 Å². The molecule has 0 saturated carbocycles. The van der Waals surface area contributed by atoms with Gasteiger partial charge >= 0.3 is 0 Å². The minimum Gasteiger partial charge on any atom is -0.306 e. The summed E-state index contributed by atoms with van der Waals surface area (Å²) in [6, 6.07) is 6.12. The predicted molar refractivity (Wildman–Crippen MR) is 99.1 cm³/mol. The minimum atomic E-state index is -2.78. The molecule has 1 aliphatic carbocycles. The highest BCUT2D eigenvalue weighted by Gasteiger charge is 2.37. The molecule has 148 valence electrons. The van der Waals surface area contributed by atoms with Crippen LogP contribution in [0.4, 0.5) is 23.4 Å². The largest absolute Gasteiger partial charge is 0.306 e. The Bertz CT molecular complexity index is 1100. The monoisotopic (exact) mass is 421 g/mol. The molecular formula is C20H12ClF4N3O. The first-order valence-electron chi connectivity index (χ1n) is 8.49. The molecule has 0 aliphatic heterocycles. The smallest absolute Gasteiger partial charge is 0.262 e. The number of nitrogens with zero attached hydrogens (tertiary/aromatic N) is 2. The zero-order chi connectivity index (χ0) is 20.8. The molecule has 0 unspecified atom stereocenters. The van der Waals surface area contributed by atoms with Gasteiger partial charge in [0.25, 0.3) is 11.8 Å². The number of aromatic nitrogens is 2. The summed E-state index contributed by atoms with van der Waals surface area (Å²) in [5, 5.41) is 2.60. The molecule has 9 heteroatoms. The van der Waals surface area contributed by atoms with Crippen molar-refractivity contribution in [3.05, 3.63) is 76.2 Å². The van der Waals surface area contributed by atoms with Gasteiger partial charge < -0.3 is 5.32 Å². The minimum absolute atomic E-state index is 0.0539.